The standard InChI is InChI=1S/C19H25NO5/c1-5-6-13-8-14(9-16(24-3)17(13)25-4)18(21)20-10-12(2)7-15(11-20)19(22)23/h5,8-9,12,15H,1,6-7,10-11H2,2-4H3,(H,22,23). The average Bonchev–Trinajstić information content (AvgIpc) is 2.59. The van der Waals surface area contributed by atoms with Crippen molar-refractivity contribution >= 4 is 11.9 Å². The maximum atomic E-state index is 12.9. The van der Waals surface area contributed by atoms with Gasteiger partial charge in [0.2, 0.25) is 0 Å². The number of piperidine rings is 1. The first-order chi connectivity index (χ1) is 11.9. The van der Waals surface area contributed by atoms with Crippen LogP contribution < -0.4 is 9.47 Å². The van der Waals surface area contributed by atoms with Gasteiger partial charge >= 0.3 is 5.97 Å². The molecular formula is C19H25NO5. The summed E-state index contributed by atoms with van der Waals surface area (Å²) >= 11 is 0. The lowest BCUT2D eigenvalue weighted by molar-refractivity contribution is -0.143. The Bertz CT molecular complexity index is 670. The number of methoxy groups -OCH3 is 2. The third-order valence-electron chi connectivity index (χ3n) is 4.46. The molecule has 25 heavy (non-hydrogen) atoms. The van der Waals surface area contributed by atoms with Crippen LogP contribution in [0.1, 0.15) is 29.3 Å². The van der Waals surface area contributed by atoms with Crippen molar-refractivity contribution < 1.29 is 24.2 Å². The van der Waals surface area contributed by atoms with Crippen molar-refractivity contribution in [2.45, 2.75) is 19.8 Å². The molecule has 1 saturated heterocycles. The maximum absolute atomic E-state index is 12.9. The molecule has 1 aliphatic rings. The SMILES string of the molecule is C=CCc1cc(C(=O)N2CC(C)CC(C(=O)O)C2)cc(OC)c1OC. The molecule has 0 aromatic heterocycles. The van der Waals surface area contributed by atoms with E-state index in [4.69, 9.17) is 9.47 Å². The van der Waals surface area contributed by atoms with Crippen molar-refractivity contribution in [2.24, 2.45) is 11.8 Å². The fraction of sp³-hybridized carbons (Fsp3) is 0.474. The number of rotatable bonds is 6. The molecule has 0 spiro atoms. The second-order valence-corrected chi connectivity index (χ2v) is 6.45. The summed E-state index contributed by atoms with van der Waals surface area (Å²) in [5, 5.41) is 9.31. The van der Waals surface area contributed by atoms with Crippen LogP contribution in [0.3, 0.4) is 0 Å². The lowest BCUT2D eigenvalue weighted by Crippen LogP contribution is -2.45. The molecule has 0 radical (unpaired) electrons. The molecule has 2 rings (SSSR count). The molecule has 0 aliphatic carbocycles. The van der Waals surface area contributed by atoms with Gasteiger partial charge in [-0.2, -0.15) is 0 Å². The Morgan fingerprint density at radius 3 is 2.60 bits per heavy atom. The number of nitrogens with zero attached hydrogens (tertiary/aromatic N) is 1. The van der Waals surface area contributed by atoms with Crippen molar-refractivity contribution in [1.29, 1.82) is 0 Å². The molecule has 1 heterocycles. The second-order valence-electron chi connectivity index (χ2n) is 6.45. The number of carbonyl (C=O) groups is 2. The lowest BCUT2D eigenvalue weighted by Gasteiger charge is -2.34. The predicted molar refractivity (Wildman–Crippen MR) is 94.3 cm³/mol. The fourth-order valence-electron chi connectivity index (χ4n) is 3.35. The van der Waals surface area contributed by atoms with E-state index < -0.39 is 11.9 Å². The van der Waals surface area contributed by atoms with Crippen LogP contribution in [0.2, 0.25) is 0 Å². The lowest BCUT2D eigenvalue weighted by atomic mass is 9.90. The Morgan fingerprint density at radius 1 is 1.32 bits per heavy atom. The minimum atomic E-state index is -0.857. The van der Waals surface area contributed by atoms with Gasteiger partial charge in [0.05, 0.1) is 20.1 Å². The molecule has 0 bridgehead atoms. The molecule has 1 amide bonds. The molecule has 0 saturated carbocycles. The number of allylic oxidation sites excluding steroid dienone is 1. The summed E-state index contributed by atoms with van der Waals surface area (Å²) in [6.07, 6.45) is 2.86. The molecule has 6 heteroatoms. The predicted octanol–water partition coefficient (Wildman–Crippen LogP) is 2.62. The maximum Gasteiger partial charge on any atom is 0.308 e. The van der Waals surface area contributed by atoms with Crippen LogP contribution in [0.5, 0.6) is 11.5 Å². The zero-order chi connectivity index (χ0) is 18.6. The molecule has 136 valence electrons. The summed E-state index contributed by atoms with van der Waals surface area (Å²) in [4.78, 5) is 25.9. The highest BCUT2D eigenvalue weighted by molar-refractivity contribution is 5.95. The Morgan fingerprint density at radius 2 is 2.04 bits per heavy atom. The van der Waals surface area contributed by atoms with E-state index in [9.17, 15) is 14.7 Å². The number of hydrogen-bond donors (Lipinski definition) is 1. The molecule has 1 aliphatic heterocycles. The third kappa shape index (κ3) is 4.13. The number of amides is 1. The van der Waals surface area contributed by atoms with Crippen molar-refractivity contribution in [3.63, 3.8) is 0 Å². The van der Waals surface area contributed by atoms with E-state index in [1.54, 1.807) is 30.2 Å². The van der Waals surface area contributed by atoms with Crippen LogP contribution in [0, 0.1) is 11.8 Å². The third-order valence-corrected chi connectivity index (χ3v) is 4.46. The molecule has 1 aromatic rings. The Hall–Kier alpha value is -2.50. The highest BCUT2D eigenvalue weighted by Crippen LogP contribution is 2.34. The van der Waals surface area contributed by atoms with Crippen LogP contribution in [-0.2, 0) is 11.2 Å². The summed E-state index contributed by atoms with van der Waals surface area (Å²) in [5.41, 5.74) is 1.27. The minimum Gasteiger partial charge on any atom is -0.493 e. The number of ether oxygens (including phenoxy) is 2. The first kappa shape index (κ1) is 18.8. The summed E-state index contributed by atoms with van der Waals surface area (Å²) in [5.74, 6) is -0.375. The zero-order valence-corrected chi connectivity index (χ0v) is 14.9. The number of carbonyl (C=O) groups excluding carboxylic acids is 1. The van der Waals surface area contributed by atoms with E-state index in [2.05, 4.69) is 6.58 Å². The second kappa shape index (κ2) is 8.05. The van der Waals surface area contributed by atoms with E-state index in [1.807, 2.05) is 6.92 Å². The van der Waals surface area contributed by atoms with E-state index in [1.165, 1.54) is 7.11 Å². The topological polar surface area (TPSA) is 76.1 Å². The van der Waals surface area contributed by atoms with E-state index in [-0.39, 0.29) is 18.4 Å². The van der Waals surface area contributed by atoms with Crippen LogP contribution >= 0.6 is 0 Å². The summed E-state index contributed by atoms with van der Waals surface area (Å²) in [6, 6.07) is 3.41. The molecular weight excluding hydrogens is 322 g/mol. The van der Waals surface area contributed by atoms with Gasteiger partial charge in [0.15, 0.2) is 11.5 Å². The van der Waals surface area contributed by atoms with Gasteiger partial charge in [-0.05, 0) is 30.9 Å². The van der Waals surface area contributed by atoms with Gasteiger partial charge in [-0.1, -0.05) is 13.0 Å². The van der Waals surface area contributed by atoms with Crippen LogP contribution in [-0.4, -0.2) is 49.2 Å². The van der Waals surface area contributed by atoms with Gasteiger partial charge in [0, 0.05) is 24.2 Å². The monoisotopic (exact) mass is 347 g/mol. The number of carboxylic acid groups (broad SMARTS) is 1. The first-order valence-corrected chi connectivity index (χ1v) is 8.29. The molecule has 1 aromatic carbocycles. The smallest absolute Gasteiger partial charge is 0.308 e. The minimum absolute atomic E-state index is 0.145. The van der Waals surface area contributed by atoms with Crippen molar-refractivity contribution in [3.05, 3.63) is 35.9 Å². The zero-order valence-electron chi connectivity index (χ0n) is 14.9. The molecule has 2 unspecified atom stereocenters. The number of hydrogen-bond acceptors (Lipinski definition) is 4. The molecule has 2 atom stereocenters. The Labute approximate surface area is 148 Å². The van der Waals surface area contributed by atoms with Gasteiger partial charge in [-0.3, -0.25) is 9.59 Å². The molecule has 6 nitrogen and oxygen atoms in total. The number of aliphatic carboxylic acids is 1. The van der Waals surface area contributed by atoms with E-state index in [0.717, 1.165) is 5.56 Å². The highest BCUT2D eigenvalue weighted by Gasteiger charge is 2.32. The Kier molecular flexibility index (Phi) is 6.07. The summed E-state index contributed by atoms with van der Waals surface area (Å²) in [7, 11) is 3.07. The van der Waals surface area contributed by atoms with Crippen LogP contribution in [0.4, 0.5) is 0 Å². The fourth-order valence-corrected chi connectivity index (χ4v) is 3.35. The van der Waals surface area contributed by atoms with E-state index >= 15 is 0 Å². The van der Waals surface area contributed by atoms with Gasteiger partial charge in [0.25, 0.3) is 5.91 Å². The normalized spacial score (nSPS) is 20.0. The molecule has 1 N–H and O–H groups in total. The molecule has 1 fully saturated rings. The summed E-state index contributed by atoms with van der Waals surface area (Å²) < 4.78 is 10.7. The summed E-state index contributed by atoms with van der Waals surface area (Å²) in [6.45, 7) is 6.47. The van der Waals surface area contributed by atoms with Crippen LogP contribution in [0.15, 0.2) is 24.8 Å². The number of benzene rings is 1. The van der Waals surface area contributed by atoms with E-state index in [0.29, 0.717) is 36.4 Å². The van der Waals surface area contributed by atoms with Crippen LogP contribution in [0.25, 0.3) is 0 Å². The quantitative estimate of drug-likeness (QED) is 0.801. The number of likely N-dealkylation sites (tertiary alicyclic amines) is 1. The van der Waals surface area contributed by atoms with Gasteiger partial charge in [-0.25, -0.2) is 0 Å². The average molecular weight is 347 g/mol. The van der Waals surface area contributed by atoms with Gasteiger partial charge in [-0.15, -0.1) is 6.58 Å². The number of carboxylic acids is 1. The van der Waals surface area contributed by atoms with Crippen molar-refractivity contribution in [2.75, 3.05) is 27.3 Å². The Balaban J connectivity index is 2.36. The largest absolute Gasteiger partial charge is 0.493 e. The van der Waals surface area contributed by atoms with Crippen molar-refractivity contribution in [3.8, 4) is 11.5 Å². The van der Waals surface area contributed by atoms with Gasteiger partial charge < -0.3 is 19.5 Å². The highest BCUT2D eigenvalue weighted by atomic mass is 16.5. The first-order valence-electron chi connectivity index (χ1n) is 8.29. The van der Waals surface area contributed by atoms with Crippen molar-refractivity contribution in [1.82, 2.24) is 4.90 Å². The van der Waals surface area contributed by atoms with Gasteiger partial charge in [0.1, 0.15) is 0 Å².